The second kappa shape index (κ2) is 5.07. The number of Topliss-reactive ketones (excluding diaryl/α,β-unsaturated/α-hetero) is 1. The Bertz CT molecular complexity index is 320. The number of ketones is 1. The van der Waals surface area contributed by atoms with E-state index in [2.05, 4.69) is 0 Å². The quantitative estimate of drug-likeness (QED) is 0.695. The molecule has 0 aliphatic heterocycles. The number of hydrogen-bond donors (Lipinski definition) is 1. The molecule has 0 aromatic rings. The third kappa shape index (κ3) is 4.75. The molecule has 1 aliphatic rings. The first-order valence-corrected chi connectivity index (χ1v) is 7.24. The summed E-state index contributed by atoms with van der Waals surface area (Å²) in [5.41, 5.74) is 5.78. The molecule has 1 unspecified atom stereocenters. The van der Waals surface area contributed by atoms with Crippen molar-refractivity contribution in [3.05, 3.63) is 0 Å². The van der Waals surface area contributed by atoms with Gasteiger partial charge in [-0.1, -0.05) is 6.92 Å². The number of carbonyl (C=O) groups excluding carboxylic acids is 1. The average molecular weight is 233 g/mol. The molecule has 5 heteroatoms. The van der Waals surface area contributed by atoms with Crippen LogP contribution in [0.1, 0.15) is 32.6 Å². The van der Waals surface area contributed by atoms with Crippen molar-refractivity contribution in [1.82, 2.24) is 0 Å². The summed E-state index contributed by atoms with van der Waals surface area (Å²) in [7, 11) is -3.02. The van der Waals surface area contributed by atoms with Gasteiger partial charge in [-0.2, -0.15) is 0 Å². The van der Waals surface area contributed by atoms with E-state index in [1.54, 1.807) is 6.92 Å². The van der Waals surface area contributed by atoms with E-state index in [4.69, 9.17) is 5.73 Å². The summed E-state index contributed by atoms with van der Waals surface area (Å²) in [6.07, 6.45) is 2.68. The molecule has 1 fully saturated rings. The van der Waals surface area contributed by atoms with Gasteiger partial charge in [-0.15, -0.1) is 0 Å². The first-order valence-electron chi connectivity index (χ1n) is 5.42. The lowest BCUT2D eigenvalue weighted by molar-refractivity contribution is -0.119. The molecule has 0 radical (unpaired) electrons. The van der Waals surface area contributed by atoms with Crippen LogP contribution in [0.4, 0.5) is 0 Å². The number of carbonyl (C=O) groups is 1. The van der Waals surface area contributed by atoms with Crippen molar-refractivity contribution in [3.63, 3.8) is 0 Å². The minimum atomic E-state index is -3.02. The smallest absolute Gasteiger partial charge is 0.150 e. The molecule has 0 amide bonds. The van der Waals surface area contributed by atoms with Gasteiger partial charge in [0.25, 0.3) is 0 Å². The molecule has 0 spiro atoms. The van der Waals surface area contributed by atoms with Crippen LogP contribution in [-0.2, 0) is 14.6 Å². The fourth-order valence-electron chi connectivity index (χ4n) is 1.47. The van der Waals surface area contributed by atoms with Crippen molar-refractivity contribution >= 4 is 15.6 Å². The molecule has 1 aliphatic carbocycles. The lowest BCUT2D eigenvalue weighted by Gasteiger charge is -2.08. The van der Waals surface area contributed by atoms with Crippen molar-refractivity contribution in [2.75, 3.05) is 11.5 Å². The Morgan fingerprint density at radius 1 is 1.47 bits per heavy atom. The molecule has 0 heterocycles. The minimum absolute atomic E-state index is 0.0218. The Labute approximate surface area is 91.1 Å². The van der Waals surface area contributed by atoms with Gasteiger partial charge in [0.05, 0.1) is 5.75 Å². The highest BCUT2D eigenvalue weighted by atomic mass is 32.2. The zero-order valence-corrected chi connectivity index (χ0v) is 9.92. The van der Waals surface area contributed by atoms with Crippen LogP contribution in [0.15, 0.2) is 0 Å². The van der Waals surface area contributed by atoms with Gasteiger partial charge in [0.1, 0.15) is 15.6 Å². The number of nitrogens with two attached hydrogens (primary N) is 1. The van der Waals surface area contributed by atoms with Crippen molar-refractivity contribution in [2.45, 2.75) is 38.6 Å². The van der Waals surface area contributed by atoms with E-state index in [0.29, 0.717) is 12.3 Å². The average Bonchev–Trinajstić information content (AvgIpc) is 2.98. The van der Waals surface area contributed by atoms with Crippen molar-refractivity contribution in [3.8, 4) is 0 Å². The van der Waals surface area contributed by atoms with E-state index in [1.807, 2.05) is 0 Å². The van der Waals surface area contributed by atoms with Crippen LogP contribution < -0.4 is 5.73 Å². The molecule has 15 heavy (non-hydrogen) atoms. The second-order valence-electron chi connectivity index (χ2n) is 4.23. The first-order chi connectivity index (χ1) is 6.94. The molecule has 0 saturated heterocycles. The predicted molar refractivity (Wildman–Crippen MR) is 59.3 cm³/mol. The van der Waals surface area contributed by atoms with Crippen molar-refractivity contribution in [1.29, 1.82) is 0 Å². The number of sulfone groups is 1. The molecule has 4 nitrogen and oxygen atoms in total. The van der Waals surface area contributed by atoms with Crippen LogP contribution in [0, 0.1) is 5.92 Å². The Kier molecular flexibility index (Phi) is 4.28. The van der Waals surface area contributed by atoms with Gasteiger partial charge in [0.15, 0.2) is 0 Å². The van der Waals surface area contributed by atoms with E-state index in [1.165, 1.54) is 0 Å². The van der Waals surface area contributed by atoms with Crippen LogP contribution in [0.2, 0.25) is 0 Å². The fourth-order valence-corrected chi connectivity index (χ4v) is 2.30. The monoisotopic (exact) mass is 233 g/mol. The van der Waals surface area contributed by atoms with Gasteiger partial charge in [-0.05, 0) is 18.8 Å². The minimum Gasteiger partial charge on any atom is -0.327 e. The SMILES string of the molecule is CCS(=O)(=O)CCC(=O)CC(N)C1CC1. The summed E-state index contributed by atoms with van der Waals surface area (Å²) in [4.78, 5) is 11.4. The number of hydrogen-bond acceptors (Lipinski definition) is 4. The highest BCUT2D eigenvalue weighted by Gasteiger charge is 2.29. The summed E-state index contributed by atoms with van der Waals surface area (Å²) < 4.78 is 22.3. The highest BCUT2D eigenvalue weighted by Crippen LogP contribution is 2.32. The van der Waals surface area contributed by atoms with Crippen LogP contribution in [0.25, 0.3) is 0 Å². The maximum atomic E-state index is 11.4. The zero-order valence-electron chi connectivity index (χ0n) is 9.11. The lowest BCUT2D eigenvalue weighted by atomic mass is 10.1. The van der Waals surface area contributed by atoms with Gasteiger partial charge >= 0.3 is 0 Å². The zero-order chi connectivity index (χ0) is 11.5. The van der Waals surface area contributed by atoms with E-state index in [9.17, 15) is 13.2 Å². The Balaban J connectivity index is 2.23. The van der Waals surface area contributed by atoms with Crippen LogP contribution in [-0.4, -0.2) is 31.7 Å². The molecule has 1 saturated carbocycles. The normalized spacial score (nSPS) is 18.8. The molecule has 0 aromatic heterocycles. The first kappa shape index (κ1) is 12.6. The second-order valence-corrected chi connectivity index (χ2v) is 6.70. The summed E-state index contributed by atoms with van der Waals surface area (Å²) in [5.74, 6) is 0.553. The van der Waals surface area contributed by atoms with Gasteiger partial charge in [-0.3, -0.25) is 4.79 Å². The standard InChI is InChI=1S/C10H19NO3S/c1-2-15(13,14)6-5-9(12)7-10(11)8-3-4-8/h8,10H,2-7,11H2,1H3. The van der Waals surface area contributed by atoms with Gasteiger partial charge < -0.3 is 5.73 Å². The summed E-state index contributed by atoms with van der Waals surface area (Å²) in [6, 6.07) is -0.0539. The van der Waals surface area contributed by atoms with Crippen molar-refractivity contribution in [2.24, 2.45) is 11.7 Å². The van der Waals surface area contributed by atoms with Gasteiger partial charge in [-0.25, -0.2) is 8.42 Å². The van der Waals surface area contributed by atoms with Gasteiger partial charge in [0, 0.05) is 24.6 Å². The fraction of sp³-hybridized carbons (Fsp3) is 0.900. The summed E-state index contributed by atoms with van der Waals surface area (Å²) in [5, 5.41) is 0. The third-order valence-electron chi connectivity index (χ3n) is 2.82. The maximum absolute atomic E-state index is 11.4. The van der Waals surface area contributed by atoms with Crippen molar-refractivity contribution < 1.29 is 13.2 Å². The van der Waals surface area contributed by atoms with Gasteiger partial charge in [0.2, 0.25) is 0 Å². The Morgan fingerprint density at radius 3 is 2.53 bits per heavy atom. The largest absolute Gasteiger partial charge is 0.327 e. The van der Waals surface area contributed by atoms with Crippen LogP contribution in [0.5, 0.6) is 0 Å². The number of rotatable bonds is 7. The topological polar surface area (TPSA) is 77.2 Å². The molecule has 0 bridgehead atoms. The highest BCUT2D eigenvalue weighted by molar-refractivity contribution is 7.91. The third-order valence-corrected chi connectivity index (χ3v) is 4.53. The van der Waals surface area contributed by atoms with E-state index in [-0.39, 0.29) is 29.8 Å². The molecular formula is C10H19NO3S. The summed E-state index contributed by atoms with van der Waals surface area (Å²) >= 11 is 0. The lowest BCUT2D eigenvalue weighted by Crippen LogP contribution is -2.26. The van der Waals surface area contributed by atoms with E-state index < -0.39 is 9.84 Å². The molecular weight excluding hydrogens is 214 g/mol. The van der Waals surface area contributed by atoms with E-state index in [0.717, 1.165) is 12.8 Å². The van der Waals surface area contributed by atoms with Crippen LogP contribution >= 0.6 is 0 Å². The molecule has 88 valence electrons. The molecule has 1 atom stereocenters. The Hall–Kier alpha value is -0.420. The maximum Gasteiger partial charge on any atom is 0.150 e. The van der Waals surface area contributed by atoms with Crippen LogP contribution in [0.3, 0.4) is 0 Å². The molecule has 1 rings (SSSR count). The predicted octanol–water partition coefficient (Wildman–Crippen LogP) is 0.508. The van der Waals surface area contributed by atoms with E-state index >= 15 is 0 Å². The summed E-state index contributed by atoms with van der Waals surface area (Å²) in [6.45, 7) is 1.59. The molecule has 0 aromatic carbocycles. The molecule has 2 N–H and O–H groups in total. The Morgan fingerprint density at radius 2 is 2.07 bits per heavy atom.